The Bertz CT molecular complexity index is 662. The Morgan fingerprint density at radius 3 is 2.59 bits per heavy atom. The van der Waals surface area contributed by atoms with Crippen molar-refractivity contribution in [3.63, 3.8) is 0 Å². The highest BCUT2D eigenvalue weighted by Crippen LogP contribution is 2.51. The lowest BCUT2D eigenvalue weighted by Gasteiger charge is -2.35. The summed E-state index contributed by atoms with van der Waals surface area (Å²) in [4.78, 5) is 0. The van der Waals surface area contributed by atoms with Crippen LogP contribution in [0.25, 0.3) is 0 Å². The van der Waals surface area contributed by atoms with Crippen LogP contribution in [0, 0.1) is 0 Å². The summed E-state index contributed by atoms with van der Waals surface area (Å²) in [6.45, 7) is 2.00. The highest BCUT2D eigenvalue weighted by molar-refractivity contribution is 5.47. The van der Waals surface area contributed by atoms with Gasteiger partial charge < -0.3 is 14.8 Å². The van der Waals surface area contributed by atoms with Gasteiger partial charge in [-0.05, 0) is 54.8 Å². The molecule has 2 aliphatic rings. The number of benzene rings is 2. The third-order valence-corrected chi connectivity index (χ3v) is 4.89. The molecular weight excluding hydrogens is 274 g/mol. The molecule has 0 unspecified atom stereocenters. The van der Waals surface area contributed by atoms with Crippen LogP contribution in [0.5, 0.6) is 5.75 Å². The van der Waals surface area contributed by atoms with Gasteiger partial charge in [0.1, 0.15) is 11.9 Å². The number of rotatable bonds is 2. The number of ether oxygens (including phenoxy) is 2. The second kappa shape index (κ2) is 5.41. The molecule has 3 nitrogen and oxygen atoms in total. The zero-order chi connectivity index (χ0) is 15.0. The normalized spacial score (nSPS) is 22.5. The lowest BCUT2D eigenvalue weighted by atomic mass is 9.83. The van der Waals surface area contributed by atoms with E-state index in [2.05, 4.69) is 41.7 Å². The van der Waals surface area contributed by atoms with Crippen LogP contribution in [0.2, 0.25) is 0 Å². The number of nitrogens with one attached hydrogen (secondary N) is 1. The van der Waals surface area contributed by atoms with Crippen LogP contribution < -0.4 is 10.1 Å². The summed E-state index contributed by atoms with van der Waals surface area (Å²) < 4.78 is 12.1. The largest absolute Gasteiger partial charge is 0.497 e. The van der Waals surface area contributed by atoms with E-state index in [0.717, 1.165) is 31.7 Å². The molecule has 1 N–H and O–H groups in total. The second-order valence-electron chi connectivity index (χ2n) is 6.11. The molecule has 1 atom stereocenters. The van der Waals surface area contributed by atoms with Gasteiger partial charge in [-0.2, -0.15) is 0 Å². The maximum absolute atomic E-state index is 6.65. The predicted molar refractivity (Wildman–Crippen MR) is 86.1 cm³/mol. The summed E-state index contributed by atoms with van der Waals surface area (Å²) in [6.07, 6.45) is 2.05. The number of hydrogen-bond donors (Lipinski definition) is 1. The number of hydrogen-bond acceptors (Lipinski definition) is 3. The Hall–Kier alpha value is -1.84. The molecule has 22 heavy (non-hydrogen) atoms. The first kappa shape index (κ1) is 13.8. The molecule has 0 amide bonds. The van der Waals surface area contributed by atoms with Gasteiger partial charge in [0, 0.05) is 0 Å². The van der Waals surface area contributed by atoms with E-state index in [4.69, 9.17) is 9.47 Å². The summed E-state index contributed by atoms with van der Waals surface area (Å²) in [5.74, 6) is 0.911. The third kappa shape index (κ3) is 2.13. The molecule has 1 fully saturated rings. The Morgan fingerprint density at radius 2 is 1.86 bits per heavy atom. The van der Waals surface area contributed by atoms with Gasteiger partial charge in [-0.1, -0.05) is 36.4 Å². The minimum atomic E-state index is -0.171. The van der Waals surface area contributed by atoms with Gasteiger partial charge in [0.05, 0.1) is 12.7 Å². The molecule has 2 heterocycles. The Balaban J connectivity index is 1.82. The van der Waals surface area contributed by atoms with Gasteiger partial charge in [0.2, 0.25) is 0 Å². The fourth-order valence-corrected chi connectivity index (χ4v) is 3.73. The average molecular weight is 295 g/mol. The Morgan fingerprint density at radius 1 is 1.09 bits per heavy atom. The van der Waals surface area contributed by atoms with Gasteiger partial charge in [-0.25, -0.2) is 0 Å². The van der Waals surface area contributed by atoms with Crippen molar-refractivity contribution in [3.8, 4) is 5.75 Å². The zero-order valence-electron chi connectivity index (χ0n) is 12.8. The van der Waals surface area contributed by atoms with Crippen molar-refractivity contribution < 1.29 is 9.47 Å². The summed E-state index contributed by atoms with van der Waals surface area (Å²) in [5, 5.41) is 3.44. The smallest absolute Gasteiger partial charge is 0.119 e. The van der Waals surface area contributed by atoms with Crippen molar-refractivity contribution in [2.75, 3.05) is 20.2 Å². The van der Waals surface area contributed by atoms with E-state index in [1.807, 2.05) is 12.1 Å². The Kier molecular flexibility index (Phi) is 3.40. The molecule has 2 aromatic rings. The summed E-state index contributed by atoms with van der Waals surface area (Å²) in [6, 6.07) is 16.9. The molecule has 2 aliphatic heterocycles. The molecule has 2 aromatic carbocycles. The quantitative estimate of drug-likeness (QED) is 0.921. The van der Waals surface area contributed by atoms with Gasteiger partial charge >= 0.3 is 0 Å². The molecule has 0 aromatic heterocycles. The van der Waals surface area contributed by atoms with Gasteiger partial charge in [-0.3, -0.25) is 0 Å². The van der Waals surface area contributed by atoms with E-state index in [-0.39, 0.29) is 11.7 Å². The number of piperidine rings is 1. The van der Waals surface area contributed by atoms with E-state index in [1.165, 1.54) is 16.7 Å². The summed E-state index contributed by atoms with van der Waals surface area (Å²) in [7, 11) is 1.72. The van der Waals surface area contributed by atoms with E-state index in [9.17, 15) is 0 Å². The molecule has 0 saturated carbocycles. The zero-order valence-corrected chi connectivity index (χ0v) is 12.8. The minimum absolute atomic E-state index is 0.0280. The fraction of sp³-hybridized carbons (Fsp3) is 0.368. The molecule has 4 rings (SSSR count). The topological polar surface area (TPSA) is 30.5 Å². The van der Waals surface area contributed by atoms with Crippen LogP contribution in [-0.2, 0) is 10.3 Å². The molecule has 3 heteroatoms. The SMILES string of the molecule is COc1ccc2c(c1)C1(CCNCC1)O[C@@H]2c1ccccc1. The van der Waals surface area contributed by atoms with E-state index in [1.54, 1.807) is 7.11 Å². The molecule has 1 spiro atoms. The van der Waals surface area contributed by atoms with E-state index >= 15 is 0 Å². The van der Waals surface area contributed by atoms with Crippen molar-refractivity contribution in [2.45, 2.75) is 24.5 Å². The lowest BCUT2D eigenvalue weighted by Crippen LogP contribution is -2.39. The molecule has 0 radical (unpaired) electrons. The van der Waals surface area contributed by atoms with Crippen LogP contribution in [0.15, 0.2) is 48.5 Å². The first-order valence-corrected chi connectivity index (χ1v) is 7.94. The Labute approximate surface area is 131 Å². The van der Waals surface area contributed by atoms with E-state index < -0.39 is 0 Å². The van der Waals surface area contributed by atoms with Crippen LogP contribution in [0.4, 0.5) is 0 Å². The van der Waals surface area contributed by atoms with Crippen LogP contribution in [-0.4, -0.2) is 20.2 Å². The molecule has 1 saturated heterocycles. The van der Waals surface area contributed by atoms with Crippen LogP contribution in [0.1, 0.15) is 35.6 Å². The molecule has 114 valence electrons. The van der Waals surface area contributed by atoms with Crippen molar-refractivity contribution in [3.05, 3.63) is 65.2 Å². The number of fused-ring (bicyclic) bond motifs is 2. The van der Waals surface area contributed by atoms with Crippen LogP contribution >= 0.6 is 0 Å². The van der Waals surface area contributed by atoms with Gasteiger partial charge in [0.15, 0.2) is 0 Å². The summed E-state index contributed by atoms with van der Waals surface area (Å²) >= 11 is 0. The monoisotopic (exact) mass is 295 g/mol. The fourth-order valence-electron chi connectivity index (χ4n) is 3.73. The van der Waals surface area contributed by atoms with Crippen molar-refractivity contribution >= 4 is 0 Å². The highest BCUT2D eigenvalue weighted by atomic mass is 16.5. The van der Waals surface area contributed by atoms with Gasteiger partial charge in [0.25, 0.3) is 0 Å². The van der Waals surface area contributed by atoms with Gasteiger partial charge in [-0.15, -0.1) is 0 Å². The first-order valence-electron chi connectivity index (χ1n) is 7.94. The maximum atomic E-state index is 6.65. The van der Waals surface area contributed by atoms with Crippen molar-refractivity contribution in [1.29, 1.82) is 0 Å². The van der Waals surface area contributed by atoms with E-state index in [0.29, 0.717) is 0 Å². The number of methoxy groups -OCH3 is 1. The molecule has 0 bridgehead atoms. The van der Waals surface area contributed by atoms with Crippen LogP contribution in [0.3, 0.4) is 0 Å². The third-order valence-electron chi connectivity index (χ3n) is 4.89. The van der Waals surface area contributed by atoms with Crippen molar-refractivity contribution in [2.24, 2.45) is 0 Å². The predicted octanol–water partition coefficient (Wildman–Crippen LogP) is 3.39. The molecular formula is C19H21NO2. The standard InChI is InChI=1S/C19H21NO2/c1-21-15-7-8-16-17(13-15)19(9-11-20-12-10-19)22-18(16)14-5-3-2-4-6-14/h2-8,13,18,20H,9-12H2,1H3/t18-/m1/s1. The highest BCUT2D eigenvalue weighted by Gasteiger charge is 2.46. The summed E-state index contributed by atoms with van der Waals surface area (Å²) in [5.41, 5.74) is 3.65. The lowest BCUT2D eigenvalue weighted by molar-refractivity contribution is -0.0799. The second-order valence-corrected chi connectivity index (χ2v) is 6.11. The average Bonchev–Trinajstić information content (AvgIpc) is 2.90. The minimum Gasteiger partial charge on any atom is -0.497 e. The van der Waals surface area contributed by atoms with Crippen molar-refractivity contribution in [1.82, 2.24) is 5.32 Å². The first-order chi connectivity index (χ1) is 10.8. The molecule has 0 aliphatic carbocycles. The maximum Gasteiger partial charge on any atom is 0.119 e.